The molecular weight excluding hydrogens is 268 g/mol. The molecule has 1 rings (SSSR count). The molecule has 0 aliphatic carbocycles. The molecule has 1 saturated heterocycles. The molecule has 0 bridgehead atoms. The second-order valence-corrected chi connectivity index (χ2v) is 6.98. The van der Waals surface area contributed by atoms with Crippen LogP contribution in [0.15, 0.2) is 0 Å². The summed E-state index contributed by atoms with van der Waals surface area (Å²) in [5, 5.41) is 15.1. The maximum Gasteiger partial charge on any atom is 0.303 e. The molecule has 0 aromatic heterocycles. The molecule has 0 aromatic rings. The van der Waals surface area contributed by atoms with Gasteiger partial charge in [-0.2, -0.15) is 0 Å². The van der Waals surface area contributed by atoms with Gasteiger partial charge in [0.25, 0.3) is 0 Å². The Morgan fingerprint density at radius 1 is 1.33 bits per heavy atom. The number of rotatable bonds is 8. The average Bonchev–Trinajstić information content (AvgIpc) is 2.45. The Balaban J connectivity index is 2.39. The zero-order valence-corrected chi connectivity index (χ0v) is 13.6. The smallest absolute Gasteiger partial charge is 0.303 e. The van der Waals surface area contributed by atoms with E-state index in [0.717, 1.165) is 38.8 Å². The summed E-state index contributed by atoms with van der Waals surface area (Å²) < 4.78 is 0. The number of carbonyl (C=O) groups excluding carboxylic acids is 1. The van der Waals surface area contributed by atoms with Gasteiger partial charge in [-0.15, -0.1) is 0 Å². The van der Waals surface area contributed by atoms with Crippen molar-refractivity contribution < 1.29 is 14.7 Å². The third kappa shape index (κ3) is 5.65. The second-order valence-electron chi connectivity index (χ2n) is 6.98. The predicted octanol–water partition coefficient (Wildman–Crippen LogP) is 2.16. The lowest BCUT2D eigenvalue weighted by molar-refractivity contribution is -0.138. The van der Waals surface area contributed by atoms with Gasteiger partial charge >= 0.3 is 5.97 Å². The molecule has 5 nitrogen and oxygen atoms in total. The molecule has 5 heteroatoms. The van der Waals surface area contributed by atoms with Gasteiger partial charge in [0, 0.05) is 19.5 Å². The summed E-state index contributed by atoms with van der Waals surface area (Å²) >= 11 is 0. The number of nitrogens with one attached hydrogen (secondary N) is 2. The number of carbonyl (C=O) groups is 2. The molecule has 122 valence electrons. The number of amides is 1. The van der Waals surface area contributed by atoms with Crippen molar-refractivity contribution in [3.05, 3.63) is 0 Å². The lowest BCUT2D eigenvalue weighted by Gasteiger charge is -2.35. The quantitative estimate of drug-likeness (QED) is 0.641. The van der Waals surface area contributed by atoms with Crippen LogP contribution in [0.25, 0.3) is 0 Å². The Morgan fingerprint density at radius 2 is 2.05 bits per heavy atom. The van der Waals surface area contributed by atoms with Crippen LogP contribution < -0.4 is 10.6 Å². The minimum absolute atomic E-state index is 0.0597. The number of aliphatic carboxylic acids is 1. The summed E-state index contributed by atoms with van der Waals surface area (Å²) in [4.78, 5) is 23.1. The van der Waals surface area contributed by atoms with Gasteiger partial charge in [-0.05, 0) is 44.1 Å². The lowest BCUT2D eigenvalue weighted by Crippen LogP contribution is -2.50. The van der Waals surface area contributed by atoms with Crippen molar-refractivity contribution in [2.24, 2.45) is 10.8 Å². The van der Waals surface area contributed by atoms with E-state index in [1.165, 1.54) is 0 Å². The van der Waals surface area contributed by atoms with E-state index in [1.54, 1.807) is 0 Å². The van der Waals surface area contributed by atoms with Crippen LogP contribution in [0.2, 0.25) is 0 Å². The van der Waals surface area contributed by atoms with Crippen LogP contribution in [0.5, 0.6) is 0 Å². The van der Waals surface area contributed by atoms with E-state index in [9.17, 15) is 9.59 Å². The van der Waals surface area contributed by atoms with E-state index < -0.39 is 5.97 Å². The number of carboxylic acid groups (broad SMARTS) is 1. The SMILES string of the molecule is CCC1(C(=O)NCCC(C)(C)CCC(=O)O)CCCNC1. The number of carboxylic acids is 1. The topological polar surface area (TPSA) is 78.4 Å². The van der Waals surface area contributed by atoms with Crippen LogP contribution in [0.3, 0.4) is 0 Å². The van der Waals surface area contributed by atoms with Crippen molar-refractivity contribution >= 4 is 11.9 Å². The fourth-order valence-electron chi connectivity index (χ4n) is 2.90. The fourth-order valence-corrected chi connectivity index (χ4v) is 2.90. The third-order valence-corrected chi connectivity index (χ3v) is 4.73. The van der Waals surface area contributed by atoms with Crippen LogP contribution in [-0.2, 0) is 9.59 Å². The first-order valence-corrected chi connectivity index (χ1v) is 8.02. The van der Waals surface area contributed by atoms with E-state index in [-0.39, 0.29) is 23.2 Å². The molecular formula is C16H30N2O3. The van der Waals surface area contributed by atoms with Crippen molar-refractivity contribution in [2.45, 2.75) is 59.3 Å². The van der Waals surface area contributed by atoms with E-state index in [2.05, 4.69) is 31.4 Å². The van der Waals surface area contributed by atoms with Gasteiger partial charge in [0.2, 0.25) is 5.91 Å². The van der Waals surface area contributed by atoms with Crippen LogP contribution in [0.1, 0.15) is 59.3 Å². The van der Waals surface area contributed by atoms with Gasteiger partial charge in [-0.25, -0.2) is 0 Å². The van der Waals surface area contributed by atoms with E-state index in [4.69, 9.17) is 5.11 Å². The molecule has 1 heterocycles. The van der Waals surface area contributed by atoms with Crippen LogP contribution in [0.4, 0.5) is 0 Å². The van der Waals surface area contributed by atoms with Gasteiger partial charge in [0.1, 0.15) is 0 Å². The first-order chi connectivity index (χ1) is 9.81. The third-order valence-electron chi connectivity index (χ3n) is 4.73. The number of hydrogen-bond donors (Lipinski definition) is 3. The summed E-state index contributed by atoms with van der Waals surface area (Å²) in [7, 11) is 0. The molecule has 0 saturated carbocycles. The zero-order valence-electron chi connectivity index (χ0n) is 13.6. The Morgan fingerprint density at radius 3 is 2.57 bits per heavy atom. The highest BCUT2D eigenvalue weighted by Gasteiger charge is 2.37. The lowest BCUT2D eigenvalue weighted by atomic mass is 9.77. The Labute approximate surface area is 127 Å². The highest BCUT2D eigenvalue weighted by molar-refractivity contribution is 5.83. The first-order valence-electron chi connectivity index (χ1n) is 8.02. The molecule has 21 heavy (non-hydrogen) atoms. The molecule has 1 amide bonds. The molecule has 1 fully saturated rings. The van der Waals surface area contributed by atoms with Crippen molar-refractivity contribution in [3.63, 3.8) is 0 Å². The standard InChI is InChI=1S/C16H30N2O3/c1-4-16(7-5-10-17-12-16)14(21)18-11-9-15(2,3)8-6-13(19)20/h17H,4-12H2,1-3H3,(H,18,21)(H,19,20). The molecule has 3 N–H and O–H groups in total. The highest BCUT2D eigenvalue weighted by atomic mass is 16.4. The Bertz CT molecular complexity index is 361. The molecule has 0 radical (unpaired) electrons. The minimum atomic E-state index is -0.759. The second kappa shape index (κ2) is 7.78. The highest BCUT2D eigenvalue weighted by Crippen LogP contribution is 2.31. The molecule has 1 aliphatic rings. The van der Waals surface area contributed by atoms with Crippen LogP contribution in [0, 0.1) is 10.8 Å². The van der Waals surface area contributed by atoms with Crippen molar-refractivity contribution in [2.75, 3.05) is 19.6 Å². The number of hydrogen-bond acceptors (Lipinski definition) is 3. The fraction of sp³-hybridized carbons (Fsp3) is 0.875. The Kier molecular flexibility index (Phi) is 6.65. The average molecular weight is 298 g/mol. The zero-order chi connectivity index (χ0) is 15.9. The van der Waals surface area contributed by atoms with E-state index in [0.29, 0.717) is 13.0 Å². The van der Waals surface area contributed by atoms with E-state index in [1.807, 2.05) is 0 Å². The summed E-state index contributed by atoms with van der Waals surface area (Å²) in [6, 6.07) is 0. The van der Waals surface area contributed by atoms with Gasteiger partial charge in [0.05, 0.1) is 5.41 Å². The maximum absolute atomic E-state index is 12.5. The van der Waals surface area contributed by atoms with E-state index >= 15 is 0 Å². The Hall–Kier alpha value is -1.10. The predicted molar refractivity (Wildman–Crippen MR) is 83.1 cm³/mol. The first kappa shape index (κ1) is 18.0. The monoisotopic (exact) mass is 298 g/mol. The van der Waals surface area contributed by atoms with Crippen molar-refractivity contribution in [1.29, 1.82) is 0 Å². The van der Waals surface area contributed by atoms with Crippen LogP contribution in [-0.4, -0.2) is 36.6 Å². The van der Waals surface area contributed by atoms with Gasteiger partial charge in [0.15, 0.2) is 0 Å². The molecule has 0 spiro atoms. The largest absolute Gasteiger partial charge is 0.481 e. The summed E-state index contributed by atoms with van der Waals surface area (Å²) in [5.41, 5.74) is -0.320. The van der Waals surface area contributed by atoms with Gasteiger partial charge < -0.3 is 15.7 Å². The van der Waals surface area contributed by atoms with Gasteiger partial charge in [-0.1, -0.05) is 20.8 Å². The normalized spacial score (nSPS) is 22.8. The molecule has 0 aromatic carbocycles. The summed E-state index contributed by atoms with van der Waals surface area (Å²) in [6.07, 6.45) is 4.48. The number of piperidine rings is 1. The summed E-state index contributed by atoms with van der Waals surface area (Å²) in [5.74, 6) is -0.614. The molecule has 1 aliphatic heterocycles. The van der Waals surface area contributed by atoms with Gasteiger partial charge in [-0.3, -0.25) is 9.59 Å². The molecule has 1 atom stereocenters. The van der Waals surface area contributed by atoms with Crippen molar-refractivity contribution in [1.82, 2.24) is 10.6 Å². The van der Waals surface area contributed by atoms with Crippen LogP contribution >= 0.6 is 0 Å². The minimum Gasteiger partial charge on any atom is -0.481 e. The maximum atomic E-state index is 12.5. The van der Waals surface area contributed by atoms with Crippen molar-refractivity contribution in [3.8, 4) is 0 Å². The summed E-state index contributed by atoms with van der Waals surface area (Å²) in [6.45, 7) is 8.56. The molecule has 1 unspecified atom stereocenters.